The molecular formula is C11H15N3O2. The van der Waals surface area contributed by atoms with Gasteiger partial charge in [0.2, 0.25) is 0 Å². The van der Waals surface area contributed by atoms with Crippen LogP contribution < -0.4 is 4.90 Å². The van der Waals surface area contributed by atoms with Gasteiger partial charge in [-0.05, 0) is 6.92 Å². The molecular weight excluding hydrogens is 206 g/mol. The summed E-state index contributed by atoms with van der Waals surface area (Å²) in [5, 5.41) is 8.79. The molecule has 1 aromatic heterocycles. The van der Waals surface area contributed by atoms with E-state index in [9.17, 15) is 4.79 Å². The molecule has 1 saturated heterocycles. The number of rotatable bonds is 3. The zero-order valence-electron chi connectivity index (χ0n) is 9.47. The van der Waals surface area contributed by atoms with Crippen LogP contribution in [0.3, 0.4) is 0 Å². The second kappa shape index (κ2) is 4.08. The summed E-state index contributed by atoms with van der Waals surface area (Å²) in [6.45, 7) is 5.04. The van der Waals surface area contributed by atoms with E-state index in [2.05, 4.69) is 9.97 Å². The minimum atomic E-state index is -0.724. The molecule has 0 aliphatic carbocycles. The fourth-order valence-corrected chi connectivity index (χ4v) is 1.75. The van der Waals surface area contributed by atoms with E-state index in [1.54, 1.807) is 0 Å². The van der Waals surface area contributed by atoms with Crippen molar-refractivity contribution in [3.8, 4) is 0 Å². The van der Waals surface area contributed by atoms with Crippen molar-refractivity contribution in [1.29, 1.82) is 0 Å². The highest BCUT2D eigenvalue weighted by Crippen LogP contribution is 2.23. The molecule has 0 amide bonds. The summed E-state index contributed by atoms with van der Waals surface area (Å²) in [4.78, 5) is 21.4. The largest absolute Gasteiger partial charge is 0.481 e. The Labute approximate surface area is 94.1 Å². The molecule has 0 bridgehead atoms. The van der Waals surface area contributed by atoms with Crippen molar-refractivity contribution in [2.45, 2.75) is 20.3 Å². The number of aliphatic carboxylic acids is 1. The van der Waals surface area contributed by atoms with Crippen molar-refractivity contribution in [2.75, 3.05) is 18.0 Å². The average Bonchev–Trinajstić information content (AvgIpc) is 2.13. The Morgan fingerprint density at radius 1 is 1.56 bits per heavy atom. The van der Waals surface area contributed by atoms with Crippen molar-refractivity contribution in [3.05, 3.63) is 17.6 Å². The summed E-state index contributed by atoms with van der Waals surface area (Å²) in [6, 6.07) is 1.90. The fraction of sp³-hybridized carbons (Fsp3) is 0.545. The van der Waals surface area contributed by atoms with E-state index in [1.165, 1.54) is 0 Å². The van der Waals surface area contributed by atoms with Crippen LogP contribution in [0.4, 0.5) is 5.82 Å². The van der Waals surface area contributed by atoms with Crippen molar-refractivity contribution in [2.24, 2.45) is 5.92 Å². The highest BCUT2D eigenvalue weighted by Gasteiger charge is 2.33. The first-order chi connectivity index (χ1) is 7.60. The summed E-state index contributed by atoms with van der Waals surface area (Å²) < 4.78 is 0. The highest BCUT2D eigenvalue weighted by atomic mass is 16.4. The zero-order valence-corrected chi connectivity index (χ0v) is 9.47. The lowest BCUT2D eigenvalue weighted by Gasteiger charge is -2.37. The van der Waals surface area contributed by atoms with Crippen molar-refractivity contribution in [1.82, 2.24) is 9.97 Å². The molecule has 16 heavy (non-hydrogen) atoms. The first-order valence-electron chi connectivity index (χ1n) is 5.42. The van der Waals surface area contributed by atoms with Gasteiger partial charge in [0.05, 0.1) is 5.92 Å². The van der Waals surface area contributed by atoms with Crippen LogP contribution >= 0.6 is 0 Å². The molecule has 0 unspecified atom stereocenters. The average molecular weight is 221 g/mol. The first-order valence-corrected chi connectivity index (χ1v) is 5.42. The molecule has 0 radical (unpaired) electrons. The summed E-state index contributed by atoms with van der Waals surface area (Å²) in [5.41, 5.74) is 0.931. The lowest BCUT2D eigenvalue weighted by atomic mass is 10.0. The Balaban J connectivity index is 2.11. The maximum Gasteiger partial charge on any atom is 0.310 e. The number of carboxylic acid groups (broad SMARTS) is 1. The van der Waals surface area contributed by atoms with E-state index in [-0.39, 0.29) is 5.92 Å². The predicted molar refractivity (Wildman–Crippen MR) is 59.5 cm³/mol. The van der Waals surface area contributed by atoms with E-state index < -0.39 is 5.97 Å². The molecule has 2 heterocycles. The summed E-state index contributed by atoms with van der Waals surface area (Å²) in [7, 11) is 0. The second-order valence-electron chi connectivity index (χ2n) is 4.08. The lowest BCUT2D eigenvalue weighted by molar-refractivity contribution is -0.142. The molecule has 0 atom stereocenters. The van der Waals surface area contributed by atoms with Gasteiger partial charge in [-0.25, -0.2) is 9.97 Å². The highest BCUT2D eigenvalue weighted by molar-refractivity contribution is 5.74. The SMILES string of the molecule is CCc1nc(C)cc(N2CC(C(=O)O)C2)n1. The Bertz CT molecular complexity index is 414. The topological polar surface area (TPSA) is 66.3 Å². The van der Waals surface area contributed by atoms with Crippen LogP contribution in [-0.2, 0) is 11.2 Å². The van der Waals surface area contributed by atoms with Crippen LogP contribution in [0.25, 0.3) is 0 Å². The van der Waals surface area contributed by atoms with Crippen LogP contribution in [0.15, 0.2) is 6.07 Å². The van der Waals surface area contributed by atoms with Crippen LogP contribution in [0.5, 0.6) is 0 Å². The number of hydrogen-bond donors (Lipinski definition) is 1. The Morgan fingerprint density at radius 2 is 2.25 bits per heavy atom. The summed E-state index contributed by atoms with van der Waals surface area (Å²) in [5.74, 6) is 0.689. The predicted octanol–water partition coefficient (Wildman–Crippen LogP) is 0.868. The molecule has 1 N–H and O–H groups in total. The molecule has 1 aliphatic rings. The zero-order chi connectivity index (χ0) is 11.7. The lowest BCUT2D eigenvalue weighted by Crippen LogP contribution is -2.50. The molecule has 5 heteroatoms. The summed E-state index contributed by atoms with van der Waals surface area (Å²) >= 11 is 0. The van der Waals surface area contributed by atoms with Gasteiger partial charge in [-0.15, -0.1) is 0 Å². The second-order valence-corrected chi connectivity index (χ2v) is 4.08. The van der Waals surface area contributed by atoms with Gasteiger partial charge < -0.3 is 10.0 Å². The van der Waals surface area contributed by atoms with Gasteiger partial charge in [0.25, 0.3) is 0 Å². The standard InChI is InChI=1S/C11H15N3O2/c1-3-9-12-7(2)4-10(13-9)14-5-8(6-14)11(15)16/h4,8H,3,5-6H2,1-2H3,(H,15,16). The third-order valence-corrected chi connectivity index (χ3v) is 2.76. The number of aryl methyl sites for hydroxylation is 2. The van der Waals surface area contributed by atoms with Gasteiger partial charge in [-0.3, -0.25) is 4.79 Å². The minimum absolute atomic E-state index is 0.250. The Kier molecular flexibility index (Phi) is 2.77. The van der Waals surface area contributed by atoms with Gasteiger partial charge in [0, 0.05) is 31.3 Å². The van der Waals surface area contributed by atoms with Crippen molar-refractivity contribution >= 4 is 11.8 Å². The molecule has 1 aliphatic heterocycles. The van der Waals surface area contributed by atoms with Gasteiger partial charge >= 0.3 is 5.97 Å². The molecule has 86 valence electrons. The van der Waals surface area contributed by atoms with Gasteiger partial charge in [-0.1, -0.05) is 6.92 Å². The minimum Gasteiger partial charge on any atom is -0.481 e. The van der Waals surface area contributed by atoms with Gasteiger partial charge in [-0.2, -0.15) is 0 Å². The molecule has 0 saturated carbocycles. The van der Waals surface area contributed by atoms with E-state index in [1.807, 2.05) is 24.8 Å². The van der Waals surface area contributed by atoms with Gasteiger partial charge in [0.1, 0.15) is 11.6 Å². The third kappa shape index (κ3) is 1.98. The number of carbonyl (C=O) groups is 1. The number of carboxylic acids is 1. The molecule has 0 aromatic carbocycles. The maximum absolute atomic E-state index is 10.7. The van der Waals surface area contributed by atoms with E-state index in [4.69, 9.17) is 5.11 Å². The molecule has 1 aromatic rings. The van der Waals surface area contributed by atoms with E-state index in [0.29, 0.717) is 13.1 Å². The normalized spacial score (nSPS) is 16.0. The first kappa shape index (κ1) is 10.9. The summed E-state index contributed by atoms with van der Waals surface area (Å²) in [6.07, 6.45) is 0.797. The number of aromatic nitrogens is 2. The number of nitrogens with zero attached hydrogens (tertiary/aromatic N) is 3. The third-order valence-electron chi connectivity index (χ3n) is 2.76. The Hall–Kier alpha value is -1.65. The van der Waals surface area contributed by atoms with Gasteiger partial charge in [0.15, 0.2) is 0 Å². The maximum atomic E-state index is 10.7. The van der Waals surface area contributed by atoms with Crippen LogP contribution in [0.1, 0.15) is 18.4 Å². The van der Waals surface area contributed by atoms with Crippen LogP contribution in [-0.4, -0.2) is 34.1 Å². The van der Waals surface area contributed by atoms with Crippen LogP contribution in [0.2, 0.25) is 0 Å². The fourth-order valence-electron chi connectivity index (χ4n) is 1.75. The van der Waals surface area contributed by atoms with Crippen molar-refractivity contribution < 1.29 is 9.90 Å². The molecule has 0 spiro atoms. The molecule has 1 fully saturated rings. The smallest absolute Gasteiger partial charge is 0.310 e. The number of anilines is 1. The van der Waals surface area contributed by atoms with E-state index in [0.717, 1.165) is 23.8 Å². The quantitative estimate of drug-likeness (QED) is 0.820. The number of hydrogen-bond acceptors (Lipinski definition) is 4. The monoisotopic (exact) mass is 221 g/mol. The van der Waals surface area contributed by atoms with Crippen molar-refractivity contribution in [3.63, 3.8) is 0 Å². The van der Waals surface area contributed by atoms with Crippen LogP contribution in [0, 0.1) is 12.8 Å². The molecule has 5 nitrogen and oxygen atoms in total. The Morgan fingerprint density at radius 3 is 2.81 bits per heavy atom. The molecule has 2 rings (SSSR count). The van der Waals surface area contributed by atoms with E-state index >= 15 is 0 Å².